The third-order valence-corrected chi connectivity index (χ3v) is 2.98. The zero-order chi connectivity index (χ0) is 12.4. The van der Waals surface area contributed by atoms with Crippen LogP contribution in [0.15, 0.2) is 24.3 Å². The molecule has 1 saturated heterocycles. The van der Waals surface area contributed by atoms with Crippen molar-refractivity contribution in [1.29, 1.82) is 0 Å². The van der Waals surface area contributed by atoms with E-state index in [2.05, 4.69) is 0 Å². The summed E-state index contributed by atoms with van der Waals surface area (Å²) in [7, 11) is 1.59. The van der Waals surface area contributed by atoms with Gasteiger partial charge in [-0.2, -0.15) is 0 Å². The molecule has 0 aromatic heterocycles. The molecule has 0 spiro atoms. The second-order valence-electron chi connectivity index (χ2n) is 4.10. The third-order valence-electron chi connectivity index (χ3n) is 2.98. The van der Waals surface area contributed by atoms with Crippen LogP contribution in [0.1, 0.15) is 25.0 Å². The molecule has 1 aliphatic heterocycles. The minimum Gasteiger partial charge on any atom is -0.497 e. The number of rotatable bonds is 3. The Morgan fingerprint density at radius 3 is 2.53 bits per heavy atom. The van der Waals surface area contributed by atoms with Crippen molar-refractivity contribution in [3.63, 3.8) is 0 Å². The smallest absolute Gasteiger partial charge is 0.307 e. The van der Waals surface area contributed by atoms with Crippen molar-refractivity contribution in [1.82, 2.24) is 0 Å². The van der Waals surface area contributed by atoms with Gasteiger partial charge in [0.1, 0.15) is 17.6 Å². The first-order valence-corrected chi connectivity index (χ1v) is 5.45. The molecule has 0 aliphatic carbocycles. The minimum atomic E-state index is -0.453. The van der Waals surface area contributed by atoms with Crippen molar-refractivity contribution in [2.24, 2.45) is 5.92 Å². The van der Waals surface area contributed by atoms with Crippen LogP contribution < -0.4 is 4.74 Å². The van der Waals surface area contributed by atoms with Gasteiger partial charge in [-0.25, -0.2) is 0 Å². The fourth-order valence-corrected chi connectivity index (χ4v) is 2.01. The molecule has 4 nitrogen and oxygen atoms in total. The molecule has 0 radical (unpaired) electrons. The normalized spacial score (nSPS) is 23.3. The average molecular weight is 234 g/mol. The van der Waals surface area contributed by atoms with E-state index in [1.54, 1.807) is 19.2 Å². The Bertz CT molecular complexity index is 435. The zero-order valence-electron chi connectivity index (χ0n) is 9.80. The molecular weight excluding hydrogens is 220 g/mol. The number of esters is 1. The van der Waals surface area contributed by atoms with Crippen LogP contribution in [0.5, 0.6) is 5.75 Å². The fourth-order valence-electron chi connectivity index (χ4n) is 2.01. The largest absolute Gasteiger partial charge is 0.497 e. The van der Waals surface area contributed by atoms with Crippen LogP contribution in [0, 0.1) is 5.92 Å². The SMILES string of the molecule is COc1ccc([C@@H]2OC(=O)C[C@H]2C(C)=O)cc1. The van der Waals surface area contributed by atoms with E-state index >= 15 is 0 Å². The molecule has 1 aliphatic rings. The summed E-state index contributed by atoms with van der Waals surface area (Å²) >= 11 is 0. The van der Waals surface area contributed by atoms with Crippen molar-refractivity contribution in [2.75, 3.05) is 7.11 Å². The van der Waals surface area contributed by atoms with Crippen LogP contribution in [0.4, 0.5) is 0 Å². The van der Waals surface area contributed by atoms with E-state index in [0.29, 0.717) is 0 Å². The Morgan fingerprint density at radius 1 is 1.35 bits per heavy atom. The summed E-state index contributed by atoms with van der Waals surface area (Å²) in [6.45, 7) is 1.49. The molecule has 0 saturated carbocycles. The lowest BCUT2D eigenvalue weighted by molar-refractivity contribution is -0.141. The summed E-state index contributed by atoms with van der Waals surface area (Å²) < 4.78 is 10.2. The number of carbonyl (C=O) groups is 2. The molecule has 1 aromatic rings. The highest BCUT2D eigenvalue weighted by atomic mass is 16.6. The monoisotopic (exact) mass is 234 g/mol. The van der Waals surface area contributed by atoms with Crippen LogP contribution >= 0.6 is 0 Å². The molecule has 1 aromatic carbocycles. The molecule has 2 atom stereocenters. The van der Waals surface area contributed by atoms with Gasteiger partial charge in [-0.15, -0.1) is 0 Å². The lowest BCUT2D eigenvalue weighted by Gasteiger charge is -2.15. The van der Waals surface area contributed by atoms with E-state index in [1.807, 2.05) is 12.1 Å². The summed E-state index contributed by atoms with van der Waals surface area (Å²) in [5.41, 5.74) is 0.830. The van der Waals surface area contributed by atoms with Gasteiger partial charge in [0.2, 0.25) is 0 Å². The number of benzene rings is 1. The Balaban J connectivity index is 2.25. The summed E-state index contributed by atoms with van der Waals surface area (Å²) in [6, 6.07) is 7.22. The lowest BCUT2D eigenvalue weighted by atomic mass is 9.92. The summed E-state index contributed by atoms with van der Waals surface area (Å²) in [5.74, 6) is 0.0380. The molecule has 1 fully saturated rings. The second kappa shape index (κ2) is 4.57. The maximum Gasteiger partial charge on any atom is 0.307 e. The maximum atomic E-state index is 11.4. The first-order valence-electron chi connectivity index (χ1n) is 5.45. The molecule has 17 heavy (non-hydrogen) atoms. The molecule has 4 heteroatoms. The van der Waals surface area contributed by atoms with Gasteiger partial charge in [0.15, 0.2) is 0 Å². The van der Waals surface area contributed by atoms with Crippen LogP contribution in [0.25, 0.3) is 0 Å². The highest BCUT2D eigenvalue weighted by Crippen LogP contribution is 2.36. The number of Topliss-reactive ketones (excluding diaryl/α,β-unsaturated/α-hetero) is 1. The first-order chi connectivity index (χ1) is 8.11. The van der Waals surface area contributed by atoms with Crippen molar-refractivity contribution < 1.29 is 19.1 Å². The molecule has 2 rings (SSSR count). The number of ketones is 1. The highest BCUT2D eigenvalue weighted by Gasteiger charge is 2.38. The van der Waals surface area contributed by atoms with Gasteiger partial charge in [0.25, 0.3) is 0 Å². The first kappa shape index (κ1) is 11.6. The standard InChI is InChI=1S/C13H14O4/c1-8(14)11-7-12(15)17-13(11)9-3-5-10(16-2)6-4-9/h3-6,11,13H,7H2,1-2H3/t11-,13-/m0/s1. The van der Waals surface area contributed by atoms with Crippen LogP contribution in [0.2, 0.25) is 0 Å². The van der Waals surface area contributed by atoms with Gasteiger partial charge < -0.3 is 9.47 Å². The van der Waals surface area contributed by atoms with Gasteiger partial charge in [0.05, 0.1) is 19.4 Å². The van der Waals surface area contributed by atoms with E-state index < -0.39 is 6.10 Å². The maximum absolute atomic E-state index is 11.4. The van der Waals surface area contributed by atoms with Crippen LogP contribution in [0.3, 0.4) is 0 Å². The Morgan fingerprint density at radius 2 is 2.00 bits per heavy atom. The van der Waals surface area contributed by atoms with E-state index in [0.717, 1.165) is 11.3 Å². The Hall–Kier alpha value is -1.84. The van der Waals surface area contributed by atoms with Gasteiger partial charge >= 0.3 is 5.97 Å². The lowest BCUT2D eigenvalue weighted by Crippen LogP contribution is -2.15. The van der Waals surface area contributed by atoms with Crippen LogP contribution in [-0.4, -0.2) is 18.9 Å². The predicted octanol–water partition coefficient (Wildman–Crippen LogP) is 1.89. The third kappa shape index (κ3) is 2.30. The number of ether oxygens (including phenoxy) is 2. The van der Waals surface area contributed by atoms with Crippen molar-refractivity contribution in [3.05, 3.63) is 29.8 Å². The number of carbonyl (C=O) groups excluding carboxylic acids is 2. The average Bonchev–Trinajstić information content (AvgIpc) is 2.72. The second-order valence-corrected chi connectivity index (χ2v) is 4.10. The summed E-state index contributed by atoms with van der Waals surface area (Å²) in [6.07, 6.45) is -0.280. The topological polar surface area (TPSA) is 52.6 Å². The molecule has 0 bridgehead atoms. The molecular formula is C13H14O4. The van der Waals surface area contributed by atoms with Crippen molar-refractivity contribution >= 4 is 11.8 Å². The summed E-state index contributed by atoms with van der Waals surface area (Å²) in [5, 5.41) is 0. The number of hydrogen-bond donors (Lipinski definition) is 0. The molecule has 0 unspecified atom stereocenters. The number of cyclic esters (lactones) is 1. The van der Waals surface area contributed by atoms with Gasteiger partial charge in [-0.3, -0.25) is 9.59 Å². The zero-order valence-corrected chi connectivity index (χ0v) is 9.80. The Labute approximate surface area is 99.5 Å². The fraction of sp³-hybridized carbons (Fsp3) is 0.385. The minimum absolute atomic E-state index is 0.0170. The van der Waals surface area contributed by atoms with Gasteiger partial charge in [-0.1, -0.05) is 12.1 Å². The van der Waals surface area contributed by atoms with Gasteiger partial charge in [0, 0.05) is 0 Å². The number of methoxy groups -OCH3 is 1. The van der Waals surface area contributed by atoms with Crippen LogP contribution in [-0.2, 0) is 14.3 Å². The van der Waals surface area contributed by atoms with E-state index in [1.165, 1.54) is 6.92 Å². The molecule has 0 amide bonds. The van der Waals surface area contributed by atoms with Crippen molar-refractivity contribution in [3.8, 4) is 5.75 Å². The van der Waals surface area contributed by atoms with E-state index in [4.69, 9.17) is 9.47 Å². The highest BCUT2D eigenvalue weighted by molar-refractivity contribution is 5.86. The Kier molecular flexibility index (Phi) is 3.13. The van der Waals surface area contributed by atoms with E-state index in [9.17, 15) is 9.59 Å². The predicted molar refractivity (Wildman–Crippen MR) is 60.6 cm³/mol. The molecule has 1 heterocycles. The molecule has 90 valence electrons. The van der Waals surface area contributed by atoms with Crippen molar-refractivity contribution in [2.45, 2.75) is 19.4 Å². The molecule has 0 N–H and O–H groups in total. The number of hydrogen-bond acceptors (Lipinski definition) is 4. The van der Waals surface area contributed by atoms with E-state index in [-0.39, 0.29) is 24.1 Å². The van der Waals surface area contributed by atoms with Gasteiger partial charge in [-0.05, 0) is 24.6 Å². The summed E-state index contributed by atoms with van der Waals surface area (Å²) in [4.78, 5) is 22.7. The quantitative estimate of drug-likeness (QED) is 0.749.